The zero-order valence-electron chi connectivity index (χ0n) is 28.0. The van der Waals surface area contributed by atoms with E-state index in [1.54, 1.807) is 6.07 Å². The Bertz CT molecular complexity index is 2020. The molecule has 3 heterocycles. The van der Waals surface area contributed by atoms with Crippen LogP contribution in [0.5, 0.6) is 11.5 Å². The van der Waals surface area contributed by atoms with Crippen LogP contribution in [0.4, 0.5) is 10.1 Å². The normalized spacial score (nSPS) is 18.8. The maximum atomic E-state index is 15.6. The highest BCUT2D eigenvalue weighted by Gasteiger charge is 2.32. The summed E-state index contributed by atoms with van der Waals surface area (Å²) in [6.07, 6.45) is 1.81. The first-order chi connectivity index (χ1) is 24.5. The van der Waals surface area contributed by atoms with Crippen LogP contribution in [0.25, 0.3) is 11.1 Å². The molecule has 1 aliphatic carbocycles. The summed E-state index contributed by atoms with van der Waals surface area (Å²) < 4.78 is 23.6. The number of imidazole rings is 1. The number of carboxylic acid groups (broad SMARTS) is 1. The van der Waals surface area contributed by atoms with E-state index >= 15 is 4.39 Å². The number of aromatic nitrogens is 2. The predicted octanol–water partition coefficient (Wildman–Crippen LogP) is 5.81. The first-order valence-corrected chi connectivity index (χ1v) is 17.7. The third-order valence-electron chi connectivity index (χ3n) is 10.2. The number of hydrogen-bond acceptors (Lipinski definition) is 8. The molecule has 0 radical (unpaired) electrons. The fourth-order valence-electron chi connectivity index (χ4n) is 7.55. The van der Waals surface area contributed by atoms with E-state index in [1.165, 1.54) is 6.07 Å². The Morgan fingerprint density at radius 1 is 1.08 bits per heavy atom. The van der Waals surface area contributed by atoms with Gasteiger partial charge in [-0.1, -0.05) is 53.5 Å². The van der Waals surface area contributed by atoms with Crippen molar-refractivity contribution >= 4 is 40.8 Å². The zero-order valence-corrected chi connectivity index (χ0v) is 29.5. The molecule has 2 unspecified atom stereocenters. The van der Waals surface area contributed by atoms with Gasteiger partial charge in [0.15, 0.2) is 17.3 Å². The van der Waals surface area contributed by atoms with Crippen LogP contribution >= 0.6 is 23.2 Å². The van der Waals surface area contributed by atoms with Crippen molar-refractivity contribution in [1.29, 1.82) is 0 Å². The Morgan fingerprint density at radius 2 is 1.86 bits per heavy atom. The number of carboxylic acids is 1. The Morgan fingerprint density at radius 3 is 2.63 bits per heavy atom. The van der Waals surface area contributed by atoms with Crippen LogP contribution < -0.4 is 10.1 Å². The number of nitrogens with zero attached hydrogens (tertiary/aromatic N) is 4. The van der Waals surface area contributed by atoms with Crippen molar-refractivity contribution in [3.05, 3.63) is 92.2 Å². The molecule has 2 aliphatic heterocycles. The molecule has 11 nitrogen and oxygen atoms in total. The van der Waals surface area contributed by atoms with E-state index in [1.807, 2.05) is 46.8 Å². The number of amides is 1. The minimum atomic E-state index is -0.960. The number of rotatable bonds is 10. The number of ether oxygens (including phenoxy) is 1. The lowest BCUT2D eigenvalue weighted by Gasteiger charge is -2.25. The Kier molecular flexibility index (Phi) is 9.97. The van der Waals surface area contributed by atoms with Crippen LogP contribution in [-0.2, 0) is 37.8 Å². The second kappa shape index (κ2) is 14.4. The molecule has 0 bridgehead atoms. The number of carbonyl (C=O) groups excluding carboxylic acids is 1. The first-order valence-electron chi connectivity index (χ1n) is 16.9. The number of halogens is 3. The number of anilines is 1. The van der Waals surface area contributed by atoms with Gasteiger partial charge in [-0.05, 0) is 54.6 Å². The quantitative estimate of drug-likeness (QED) is 0.159. The molecule has 1 amide bonds. The van der Waals surface area contributed by atoms with E-state index in [2.05, 4.69) is 15.2 Å². The van der Waals surface area contributed by atoms with Gasteiger partial charge in [0.2, 0.25) is 5.82 Å². The number of aliphatic hydroxyl groups is 1. The molecule has 4 aromatic rings. The number of aromatic hydroxyl groups is 1. The van der Waals surface area contributed by atoms with Crippen molar-refractivity contribution in [3.8, 4) is 22.6 Å². The number of aliphatic carboxylic acids is 1. The fourth-order valence-corrected chi connectivity index (χ4v) is 8.09. The minimum absolute atomic E-state index is 0.0152. The van der Waals surface area contributed by atoms with Crippen LogP contribution in [0.15, 0.2) is 42.5 Å². The van der Waals surface area contributed by atoms with Crippen molar-refractivity contribution in [2.75, 3.05) is 38.1 Å². The highest BCUT2D eigenvalue weighted by atomic mass is 35.5. The number of aliphatic hydroxyl groups excluding tert-OH is 1. The molecular formula is C37H38Cl2FN5O6. The van der Waals surface area contributed by atoms with Gasteiger partial charge in [0.25, 0.3) is 5.91 Å². The lowest BCUT2D eigenvalue weighted by Crippen LogP contribution is -2.33. The second-order valence-corrected chi connectivity index (χ2v) is 14.1. The standard InChI is InChI=1S/C37H38Cl2FN5O6/c1-43-29-11-13-44(14-15-46)19-28(29)41-35(43)36(48)42-27-7-3-6-25(31(27)39)22-4-2-5-24-23(22)8-9-30(24)51-34-26(38)16-21(33(47)32(34)40)18-45-12-10-20(17-45)37(49)50/h2-7,16,20,30,46-47H,8-15,17-19H2,1H3,(H,42,48)(H,49,50). The van der Waals surface area contributed by atoms with E-state index in [0.717, 1.165) is 41.0 Å². The summed E-state index contributed by atoms with van der Waals surface area (Å²) in [4.78, 5) is 33.4. The maximum absolute atomic E-state index is 15.6. The van der Waals surface area contributed by atoms with Crippen molar-refractivity contribution in [1.82, 2.24) is 19.4 Å². The average molecular weight is 739 g/mol. The SMILES string of the molecule is Cn1c(C(=O)Nc2cccc(-c3cccc4c3CCC4Oc3c(Cl)cc(CN4CCC(C(=O)O)C4)c(O)c3F)c2Cl)nc2c1CCN(CCO)C2. The molecule has 51 heavy (non-hydrogen) atoms. The van der Waals surface area contributed by atoms with Gasteiger partial charge in [-0.25, -0.2) is 4.98 Å². The van der Waals surface area contributed by atoms with Gasteiger partial charge in [0.05, 0.1) is 34.0 Å². The second-order valence-electron chi connectivity index (χ2n) is 13.3. The summed E-state index contributed by atoms with van der Waals surface area (Å²) >= 11 is 13.5. The molecular weight excluding hydrogens is 700 g/mol. The van der Waals surface area contributed by atoms with E-state index in [-0.39, 0.29) is 41.2 Å². The van der Waals surface area contributed by atoms with Gasteiger partial charge < -0.3 is 29.9 Å². The third kappa shape index (κ3) is 6.78. The lowest BCUT2D eigenvalue weighted by molar-refractivity contribution is -0.141. The zero-order chi connectivity index (χ0) is 36.0. The summed E-state index contributed by atoms with van der Waals surface area (Å²) in [5.41, 5.74) is 5.88. The van der Waals surface area contributed by atoms with Crippen molar-refractivity contribution in [3.63, 3.8) is 0 Å². The molecule has 0 spiro atoms. The molecule has 2 atom stereocenters. The Balaban J connectivity index is 1.09. The number of phenolic OH excluding ortho intramolecular Hbond substituents is 1. The number of likely N-dealkylation sites (tertiary alicyclic amines) is 1. The molecule has 268 valence electrons. The highest BCUT2D eigenvalue weighted by molar-refractivity contribution is 6.36. The largest absolute Gasteiger partial charge is 0.504 e. The van der Waals surface area contributed by atoms with Crippen LogP contribution in [0.1, 0.15) is 57.6 Å². The summed E-state index contributed by atoms with van der Waals surface area (Å²) in [6.45, 7) is 2.95. The molecule has 14 heteroatoms. The molecule has 7 rings (SSSR count). The third-order valence-corrected chi connectivity index (χ3v) is 10.9. The minimum Gasteiger partial charge on any atom is -0.504 e. The summed E-state index contributed by atoms with van der Waals surface area (Å²) in [7, 11) is 1.83. The van der Waals surface area contributed by atoms with Gasteiger partial charge in [-0.3, -0.25) is 19.4 Å². The molecule has 3 aliphatic rings. The van der Waals surface area contributed by atoms with Gasteiger partial charge in [-0.15, -0.1) is 0 Å². The maximum Gasteiger partial charge on any atom is 0.307 e. The molecule has 1 aromatic heterocycles. The molecule has 1 saturated heterocycles. The van der Waals surface area contributed by atoms with E-state index in [0.29, 0.717) is 61.7 Å². The average Bonchev–Trinajstić information content (AvgIpc) is 3.84. The monoisotopic (exact) mass is 737 g/mol. The summed E-state index contributed by atoms with van der Waals surface area (Å²) in [5, 5.41) is 32.7. The van der Waals surface area contributed by atoms with E-state index in [4.69, 9.17) is 27.9 Å². The predicted molar refractivity (Wildman–Crippen MR) is 190 cm³/mol. The summed E-state index contributed by atoms with van der Waals surface area (Å²) in [5.74, 6) is -3.25. The number of benzene rings is 3. The smallest absolute Gasteiger partial charge is 0.307 e. The Labute approximate surface area is 304 Å². The number of hydrogen-bond donors (Lipinski definition) is 4. The molecule has 4 N–H and O–H groups in total. The van der Waals surface area contributed by atoms with Crippen LogP contribution in [-0.4, -0.2) is 79.3 Å². The van der Waals surface area contributed by atoms with Gasteiger partial charge >= 0.3 is 5.97 Å². The molecule has 0 saturated carbocycles. The van der Waals surface area contributed by atoms with Gasteiger partial charge in [-0.2, -0.15) is 4.39 Å². The number of β-amino-alcohol motifs (C(OH)–C–C–N with tert-alkyl or cyclic N) is 1. The van der Waals surface area contributed by atoms with Gasteiger partial charge in [0, 0.05) is 63.0 Å². The lowest BCUT2D eigenvalue weighted by atomic mass is 9.96. The van der Waals surface area contributed by atoms with Crippen LogP contribution in [0, 0.1) is 11.7 Å². The Hall–Kier alpha value is -4.20. The number of fused-ring (bicyclic) bond motifs is 2. The number of phenols is 1. The number of nitrogens with one attached hydrogen (secondary N) is 1. The highest BCUT2D eigenvalue weighted by Crippen LogP contribution is 2.46. The van der Waals surface area contributed by atoms with E-state index < -0.39 is 29.6 Å². The van der Waals surface area contributed by atoms with Gasteiger partial charge in [0.1, 0.15) is 6.10 Å². The topological polar surface area (TPSA) is 140 Å². The van der Waals surface area contributed by atoms with Crippen molar-refractivity contribution in [2.24, 2.45) is 13.0 Å². The first kappa shape index (κ1) is 35.2. The summed E-state index contributed by atoms with van der Waals surface area (Å²) in [6, 6.07) is 12.6. The molecule has 3 aromatic carbocycles. The van der Waals surface area contributed by atoms with Crippen molar-refractivity contribution < 1.29 is 34.0 Å². The molecule has 1 fully saturated rings. The van der Waals surface area contributed by atoms with Crippen LogP contribution in [0.2, 0.25) is 10.0 Å². The van der Waals surface area contributed by atoms with E-state index in [9.17, 15) is 24.9 Å². The van der Waals surface area contributed by atoms with Crippen molar-refractivity contribution in [2.45, 2.75) is 44.9 Å². The fraction of sp³-hybridized carbons (Fsp3) is 0.378. The number of carbonyl (C=O) groups is 2. The van der Waals surface area contributed by atoms with Crippen LogP contribution in [0.3, 0.4) is 0 Å².